The van der Waals surface area contributed by atoms with Crippen molar-refractivity contribution in [2.75, 3.05) is 13.2 Å². The molecular weight excluding hydrogens is 268 g/mol. The largest absolute Gasteiger partial charge is 0.468 e. The molecule has 0 spiro atoms. The molecule has 0 aromatic carbocycles. The summed E-state index contributed by atoms with van der Waals surface area (Å²) in [5.41, 5.74) is 0. The van der Waals surface area contributed by atoms with Gasteiger partial charge in [-0.3, -0.25) is 0 Å². The lowest BCUT2D eigenvalue weighted by Crippen LogP contribution is -2.24. The standard InChI is InChI=1S/C11H21O2.BrH.Mg/c1-3-4-5-6-7-8-11(2)12-9-10-13-11;;/h1,3-10H2,2H3;1H;/q;;+1/p-1. The van der Waals surface area contributed by atoms with E-state index in [1.807, 2.05) is 0 Å². The topological polar surface area (TPSA) is 18.5 Å². The van der Waals surface area contributed by atoms with Crippen LogP contribution in [0.4, 0.5) is 0 Å². The zero-order valence-corrected chi connectivity index (χ0v) is 12.8. The number of rotatable bonds is 8. The molecule has 0 radical (unpaired) electrons. The van der Waals surface area contributed by atoms with E-state index in [4.69, 9.17) is 9.47 Å². The minimum absolute atomic E-state index is 0.125. The molecule has 0 saturated carbocycles. The lowest BCUT2D eigenvalue weighted by molar-refractivity contribution is -0.147. The smallest absolute Gasteiger partial charge is 0.348 e. The van der Waals surface area contributed by atoms with E-state index in [0.29, 0.717) is 0 Å². The van der Waals surface area contributed by atoms with Gasteiger partial charge in [0.15, 0.2) is 5.79 Å². The second-order valence-corrected chi connectivity index (χ2v) is 7.86. The maximum atomic E-state index is 5.56. The van der Waals surface area contributed by atoms with Crippen LogP contribution < -0.4 is 0 Å². The van der Waals surface area contributed by atoms with Gasteiger partial charge in [0.05, 0.1) is 13.2 Å². The van der Waals surface area contributed by atoms with Gasteiger partial charge >= 0.3 is 18.2 Å². The fourth-order valence-electron chi connectivity index (χ4n) is 1.95. The van der Waals surface area contributed by atoms with Crippen molar-refractivity contribution in [3.05, 3.63) is 0 Å². The van der Waals surface area contributed by atoms with Gasteiger partial charge < -0.3 is 22.4 Å². The third-order valence-corrected chi connectivity index (χ3v) is 5.36. The molecule has 1 aliphatic rings. The Balaban J connectivity index is 1.88. The third-order valence-electron chi connectivity index (χ3n) is 2.91. The molecule has 0 unspecified atom stereocenters. The minimum Gasteiger partial charge on any atom is -0.348 e. The fourth-order valence-corrected chi connectivity index (χ4v) is 3.68. The molecule has 0 bridgehead atoms. The molecular formula is C11H21BrMgO2. The van der Waals surface area contributed by atoms with Crippen LogP contribution in [0.25, 0.3) is 0 Å². The van der Waals surface area contributed by atoms with Crippen molar-refractivity contribution in [1.29, 1.82) is 0 Å². The predicted molar refractivity (Wildman–Crippen MR) is 67.5 cm³/mol. The molecule has 1 fully saturated rings. The zero-order valence-electron chi connectivity index (χ0n) is 9.77. The van der Waals surface area contributed by atoms with Gasteiger partial charge in [-0.1, -0.05) is 25.7 Å². The average Bonchev–Trinajstić information content (AvgIpc) is 2.64. The van der Waals surface area contributed by atoms with Crippen LogP contribution in [0.5, 0.6) is 0 Å². The highest BCUT2D eigenvalue weighted by Gasteiger charge is 2.29. The Labute approximate surface area is 109 Å². The normalized spacial score (nSPS) is 19.1. The van der Waals surface area contributed by atoms with Crippen molar-refractivity contribution in [2.45, 2.75) is 55.8 Å². The summed E-state index contributed by atoms with van der Waals surface area (Å²) < 4.78 is 12.6. The summed E-state index contributed by atoms with van der Waals surface area (Å²) in [6.07, 6.45) is 7.81. The van der Waals surface area contributed by atoms with Crippen molar-refractivity contribution in [3.63, 3.8) is 0 Å². The van der Waals surface area contributed by atoms with Crippen molar-refractivity contribution in [1.82, 2.24) is 0 Å². The van der Waals surface area contributed by atoms with Gasteiger partial charge in [-0.2, -0.15) is 0 Å². The van der Waals surface area contributed by atoms with Crippen LogP contribution >= 0.6 is 12.9 Å². The van der Waals surface area contributed by atoms with Gasteiger partial charge in [-0.15, -0.1) is 4.55 Å². The van der Waals surface area contributed by atoms with E-state index in [2.05, 4.69) is 19.8 Å². The molecule has 0 atom stereocenters. The van der Waals surface area contributed by atoms with E-state index in [1.54, 1.807) is 0 Å². The summed E-state index contributed by atoms with van der Waals surface area (Å²) in [6, 6.07) is 0. The van der Waals surface area contributed by atoms with Crippen LogP contribution in [-0.4, -0.2) is 37.2 Å². The van der Waals surface area contributed by atoms with E-state index in [0.717, 1.165) is 19.6 Å². The Morgan fingerprint density at radius 1 is 1.07 bits per heavy atom. The molecule has 2 nitrogen and oxygen atoms in total. The summed E-state index contributed by atoms with van der Waals surface area (Å²) in [4.78, 5) is 0. The zero-order chi connectivity index (χ0) is 11.0. The molecule has 1 rings (SSSR count). The maximum absolute atomic E-state index is 5.56. The van der Waals surface area contributed by atoms with Gasteiger partial charge in [0.2, 0.25) is 0 Å². The summed E-state index contributed by atoms with van der Waals surface area (Å²) in [7, 11) is 0. The Kier molecular flexibility index (Phi) is 7.86. The third kappa shape index (κ3) is 6.46. The maximum Gasteiger partial charge on any atom is 0.468 e. The first-order chi connectivity index (χ1) is 7.27. The van der Waals surface area contributed by atoms with Crippen LogP contribution in [-0.2, 0) is 9.47 Å². The van der Waals surface area contributed by atoms with Crippen LogP contribution in [0.2, 0.25) is 4.55 Å². The van der Waals surface area contributed by atoms with Crippen molar-refractivity contribution < 1.29 is 9.47 Å². The Hall–Kier alpha value is 1.17. The monoisotopic (exact) mass is 288 g/mol. The second kappa shape index (κ2) is 8.29. The highest BCUT2D eigenvalue weighted by Crippen LogP contribution is 2.25. The molecule has 1 heterocycles. The molecule has 1 aliphatic heterocycles. The molecule has 0 amide bonds. The highest BCUT2D eigenvalue weighted by atomic mass is 79.9. The molecule has 86 valence electrons. The van der Waals surface area contributed by atoms with Crippen molar-refractivity contribution >= 4 is 31.1 Å². The summed E-state index contributed by atoms with van der Waals surface area (Å²) in [5, 5.41) is 0. The second-order valence-electron chi connectivity index (χ2n) is 4.39. The van der Waals surface area contributed by atoms with Gasteiger partial charge in [-0.25, -0.2) is 0 Å². The van der Waals surface area contributed by atoms with E-state index < -0.39 is 0 Å². The van der Waals surface area contributed by atoms with E-state index in [-0.39, 0.29) is 24.0 Å². The minimum atomic E-state index is -0.261. The number of halogens is 1. The quantitative estimate of drug-likeness (QED) is 0.503. The molecule has 1 saturated heterocycles. The predicted octanol–water partition coefficient (Wildman–Crippen LogP) is 3.52. The van der Waals surface area contributed by atoms with Crippen LogP contribution in [0.3, 0.4) is 0 Å². The van der Waals surface area contributed by atoms with Crippen LogP contribution in [0.15, 0.2) is 0 Å². The molecule has 0 aliphatic carbocycles. The number of unbranched alkanes of at least 4 members (excludes halogenated alkanes) is 4. The van der Waals surface area contributed by atoms with Gasteiger partial charge in [0.1, 0.15) is 0 Å². The SMILES string of the molecule is CC1(CCCCCC[CH2][Mg][Br])OCCO1. The Morgan fingerprint density at radius 3 is 2.33 bits per heavy atom. The Bertz CT molecular complexity index is 161. The first kappa shape index (κ1) is 14.2. The Morgan fingerprint density at radius 2 is 1.67 bits per heavy atom. The first-order valence-corrected chi connectivity index (χ1v) is 11.0. The summed E-state index contributed by atoms with van der Waals surface area (Å²) in [5.74, 6) is -0.261. The van der Waals surface area contributed by atoms with E-state index >= 15 is 0 Å². The van der Waals surface area contributed by atoms with E-state index in [9.17, 15) is 0 Å². The summed E-state index contributed by atoms with van der Waals surface area (Å²) >= 11 is 3.72. The number of hydrogen-bond acceptors (Lipinski definition) is 2. The van der Waals surface area contributed by atoms with Crippen LogP contribution in [0.1, 0.15) is 45.4 Å². The van der Waals surface area contributed by atoms with E-state index in [1.165, 1.54) is 36.7 Å². The molecule has 0 aromatic heterocycles. The van der Waals surface area contributed by atoms with Gasteiger partial charge in [-0.05, 0) is 13.3 Å². The average molecular weight is 289 g/mol. The van der Waals surface area contributed by atoms with Gasteiger partial charge in [0.25, 0.3) is 0 Å². The number of ether oxygens (including phenoxy) is 2. The fraction of sp³-hybridized carbons (Fsp3) is 1.00. The van der Waals surface area contributed by atoms with Gasteiger partial charge in [0, 0.05) is 6.42 Å². The lowest BCUT2D eigenvalue weighted by Gasteiger charge is -2.21. The first-order valence-electron chi connectivity index (χ1n) is 6.11. The molecule has 15 heavy (non-hydrogen) atoms. The van der Waals surface area contributed by atoms with Crippen molar-refractivity contribution in [3.8, 4) is 0 Å². The lowest BCUT2D eigenvalue weighted by atomic mass is 10.1. The highest BCUT2D eigenvalue weighted by molar-refractivity contribution is 9.23. The van der Waals surface area contributed by atoms with Crippen molar-refractivity contribution in [2.24, 2.45) is 0 Å². The molecule has 4 heteroatoms. The molecule has 0 aromatic rings. The van der Waals surface area contributed by atoms with Crippen LogP contribution in [0, 0.1) is 0 Å². The molecule has 0 N–H and O–H groups in total. The number of hydrogen-bond donors (Lipinski definition) is 0. The summed E-state index contributed by atoms with van der Waals surface area (Å²) in [6.45, 7) is 3.61.